The lowest BCUT2D eigenvalue weighted by molar-refractivity contribution is 0.102. The molecule has 0 atom stereocenters. The van der Waals surface area contributed by atoms with Crippen LogP contribution < -0.4 is 14.3 Å². The Kier molecular flexibility index (Phi) is 7.29. The minimum atomic E-state index is -3.78. The zero-order valence-corrected chi connectivity index (χ0v) is 20.8. The van der Waals surface area contributed by atoms with Gasteiger partial charge in [0.2, 0.25) is 0 Å². The molecule has 0 aliphatic carbocycles. The second-order valence-corrected chi connectivity index (χ2v) is 11.6. The molecule has 0 aliphatic heterocycles. The maximum atomic E-state index is 12.7. The van der Waals surface area contributed by atoms with Gasteiger partial charge >= 0.3 is 10.2 Å². The molecule has 0 aromatic heterocycles. The van der Waals surface area contributed by atoms with Crippen molar-refractivity contribution in [3.8, 4) is 0 Å². The van der Waals surface area contributed by atoms with E-state index >= 15 is 0 Å². The fourth-order valence-corrected chi connectivity index (χ4v) is 5.02. The van der Waals surface area contributed by atoms with Crippen molar-refractivity contribution in [3.63, 3.8) is 0 Å². The van der Waals surface area contributed by atoms with Crippen molar-refractivity contribution in [2.75, 3.05) is 35.5 Å². The lowest BCUT2D eigenvalue weighted by Gasteiger charge is -2.23. The van der Waals surface area contributed by atoms with Crippen LogP contribution in [-0.4, -0.2) is 48.2 Å². The summed E-state index contributed by atoms with van der Waals surface area (Å²) in [5.74, 6) is -0.418. The molecule has 0 saturated heterocycles. The van der Waals surface area contributed by atoms with E-state index in [4.69, 9.17) is 0 Å². The summed E-state index contributed by atoms with van der Waals surface area (Å²) in [5.41, 5.74) is 2.42. The van der Waals surface area contributed by atoms with Crippen LogP contribution in [0, 0.1) is 6.92 Å². The van der Waals surface area contributed by atoms with Gasteiger partial charge in [0.05, 0.1) is 16.3 Å². The number of nitrogens with one attached hydrogen (secondary N) is 2. The van der Waals surface area contributed by atoms with Gasteiger partial charge in [0.25, 0.3) is 15.9 Å². The highest BCUT2D eigenvalue weighted by atomic mass is 32.2. The van der Waals surface area contributed by atoms with E-state index in [-0.39, 0.29) is 4.90 Å². The van der Waals surface area contributed by atoms with E-state index < -0.39 is 26.1 Å². The third-order valence-corrected chi connectivity index (χ3v) is 8.32. The number of aryl methyl sites for hydroxylation is 1. The maximum absolute atomic E-state index is 12.7. The third-order valence-electron chi connectivity index (χ3n) is 5.11. The summed E-state index contributed by atoms with van der Waals surface area (Å²) in [5, 5.41) is 2.70. The van der Waals surface area contributed by atoms with Gasteiger partial charge in [-0.1, -0.05) is 18.2 Å². The van der Waals surface area contributed by atoms with Crippen molar-refractivity contribution >= 4 is 43.2 Å². The number of para-hydroxylation sites is 1. The Hall–Kier alpha value is -3.41. The molecule has 9 nitrogen and oxygen atoms in total. The quantitative estimate of drug-likeness (QED) is 0.490. The molecule has 1 amide bonds. The second-order valence-electron chi connectivity index (χ2n) is 7.70. The van der Waals surface area contributed by atoms with Gasteiger partial charge in [-0.15, -0.1) is 0 Å². The van der Waals surface area contributed by atoms with E-state index in [2.05, 4.69) is 10.0 Å². The van der Waals surface area contributed by atoms with Crippen LogP contribution in [0.1, 0.15) is 15.9 Å². The number of carbonyl (C=O) groups is 1. The Morgan fingerprint density at radius 3 is 1.94 bits per heavy atom. The summed E-state index contributed by atoms with van der Waals surface area (Å²) in [7, 11) is -3.13. The van der Waals surface area contributed by atoms with Crippen LogP contribution in [0.5, 0.6) is 0 Å². The predicted molar refractivity (Wildman–Crippen MR) is 134 cm³/mol. The van der Waals surface area contributed by atoms with Crippen LogP contribution >= 0.6 is 0 Å². The lowest BCUT2D eigenvalue weighted by atomic mass is 10.2. The zero-order chi connectivity index (χ0) is 25.1. The molecule has 2 N–H and O–H groups in total. The molecule has 0 bridgehead atoms. The average Bonchev–Trinajstić information content (AvgIpc) is 2.80. The fraction of sp³-hybridized carbons (Fsp3) is 0.174. The molecule has 180 valence electrons. The summed E-state index contributed by atoms with van der Waals surface area (Å²) in [6, 6.07) is 18.9. The third kappa shape index (κ3) is 5.56. The summed E-state index contributed by atoms with van der Waals surface area (Å²) in [6.45, 7) is 1.81. The van der Waals surface area contributed by atoms with Gasteiger partial charge in [-0.3, -0.25) is 13.8 Å². The maximum Gasteiger partial charge on any atom is 0.303 e. The van der Waals surface area contributed by atoms with Crippen molar-refractivity contribution in [2.24, 2.45) is 0 Å². The largest absolute Gasteiger partial charge is 0.322 e. The monoisotopic (exact) mass is 502 g/mol. The van der Waals surface area contributed by atoms with Crippen molar-refractivity contribution < 1.29 is 21.6 Å². The summed E-state index contributed by atoms with van der Waals surface area (Å²) < 4.78 is 54.5. The number of carbonyl (C=O) groups excluding carboxylic acids is 1. The first kappa shape index (κ1) is 25.2. The number of sulfonamides is 1. The van der Waals surface area contributed by atoms with E-state index in [1.165, 1.54) is 69.7 Å². The molecule has 3 rings (SSSR count). The van der Waals surface area contributed by atoms with Crippen LogP contribution in [0.3, 0.4) is 0 Å². The highest BCUT2D eigenvalue weighted by molar-refractivity contribution is 7.92. The van der Waals surface area contributed by atoms with Crippen molar-refractivity contribution in [1.82, 2.24) is 4.31 Å². The van der Waals surface area contributed by atoms with Crippen molar-refractivity contribution in [2.45, 2.75) is 11.8 Å². The topological polar surface area (TPSA) is 116 Å². The van der Waals surface area contributed by atoms with Gasteiger partial charge < -0.3 is 5.32 Å². The van der Waals surface area contributed by atoms with Gasteiger partial charge in [0, 0.05) is 32.4 Å². The van der Waals surface area contributed by atoms with Gasteiger partial charge in [0.1, 0.15) is 0 Å². The van der Waals surface area contributed by atoms with Crippen molar-refractivity contribution in [1.29, 1.82) is 0 Å². The standard InChI is InChI=1S/C23H26N4O5S2/c1-17-7-5-6-8-22(17)25-33(29,30)21-15-11-19(12-16-21)24-23(28)18-9-13-20(14-10-18)27(4)34(31,32)26(2)3/h5-16,25H,1-4H3,(H,24,28). The summed E-state index contributed by atoms with van der Waals surface area (Å²) in [6.07, 6.45) is 0. The minimum absolute atomic E-state index is 0.0586. The number of benzene rings is 3. The first-order valence-corrected chi connectivity index (χ1v) is 13.1. The molecule has 34 heavy (non-hydrogen) atoms. The van der Waals surface area contributed by atoms with Crippen LogP contribution in [0.15, 0.2) is 77.7 Å². The Balaban J connectivity index is 1.69. The second kappa shape index (κ2) is 9.84. The SMILES string of the molecule is Cc1ccccc1NS(=O)(=O)c1ccc(NC(=O)c2ccc(N(C)S(=O)(=O)N(C)C)cc2)cc1. The number of anilines is 3. The Morgan fingerprint density at radius 2 is 1.38 bits per heavy atom. The van der Waals surface area contributed by atoms with E-state index in [1.54, 1.807) is 12.1 Å². The van der Waals surface area contributed by atoms with Crippen LogP contribution in [0.25, 0.3) is 0 Å². The molecule has 0 aliphatic rings. The zero-order valence-electron chi connectivity index (χ0n) is 19.2. The van der Waals surface area contributed by atoms with Crippen LogP contribution in [0.4, 0.5) is 17.1 Å². The molecule has 0 spiro atoms. The predicted octanol–water partition coefficient (Wildman–Crippen LogP) is 3.29. The Morgan fingerprint density at radius 1 is 0.794 bits per heavy atom. The van der Waals surface area contributed by atoms with Gasteiger partial charge in [-0.25, -0.2) is 8.42 Å². The Labute approximate surface area is 200 Å². The molecule has 0 fully saturated rings. The number of rotatable bonds is 8. The molecular weight excluding hydrogens is 476 g/mol. The molecule has 0 heterocycles. The molecular formula is C23H26N4O5S2. The Bertz CT molecular complexity index is 1390. The van der Waals surface area contributed by atoms with E-state index in [0.717, 1.165) is 14.2 Å². The fourth-order valence-electron chi connectivity index (χ4n) is 3.01. The molecule has 3 aromatic carbocycles. The number of hydrogen-bond donors (Lipinski definition) is 2. The lowest BCUT2D eigenvalue weighted by Crippen LogP contribution is -2.37. The van der Waals surface area contributed by atoms with Gasteiger partial charge in [-0.05, 0) is 67.1 Å². The van der Waals surface area contributed by atoms with Gasteiger partial charge in [-0.2, -0.15) is 12.7 Å². The smallest absolute Gasteiger partial charge is 0.303 e. The molecule has 11 heteroatoms. The van der Waals surface area contributed by atoms with E-state index in [0.29, 0.717) is 22.6 Å². The average molecular weight is 503 g/mol. The first-order chi connectivity index (χ1) is 15.9. The first-order valence-electron chi connectivity index (χ1n) is 10.2. The molecule has 0 radical (unpaired) electrons. The highest BCUT2D eigenvalue weighted by Gasteiger charge is 2.21. The molecule has 0 saturated carbocycles. The minimum Gasteiger partial charge on any atom is -0.322 e. The van der Waals surface area contributed by atoms with Crippen molar-refractivity contribution in [3.05, 3.63) is 83.9 Å². The van der Waals surface area contributed by atoms with E-state index in [1.807, 2.05) is 19.1 Å². The number of nitrogens with zero attached hydrogens (tertiary/aromatic N) is 2. The summed E-state index contributed by atoms with van der Waals surface area (Å²) in [4.78, 5) is 12.6. The van der Waals surface area contributed by atoms with E-state index in [9.17, 15) is 21.6 Å². The summed E-state index contributed by atoms with van der Waals surface area (Å²) >= 11 is 0. The van der Waals surface area contributed by atoms with Crippen LogP contribution in [-0.2, 0) is 20.2 Å². The number of hydrogen-bond acceptors (Lipinski definition) is 5. The highest BCUT2D eigenvalue weighted by Crippen LogP contribution is 2.22. The molecule has 0 unspecified atom stereocenters. The van der Waals surface area contributed by atoms with Crippen LogP contribution in [0.2, 0.25) is 0 Å². The molecule has 3 aromatic rings. The number of amides is 1. The normalized spacial score (nSPS) is 11.8. The van der Waals surface area contributed by atoms with Gasteiger partial charge in [0.15, 0.2) is 0 Å².